The molecule has 0 atom stereocenters. The van der Waals surface area contributed by atoms with Crippen LogP contribution < -0.4 is 0 Å². The second-order valence-electron chi connectivity index (χ2n) is 2.32. The molecule has 0 radical (unpaired) electrons. The van der Waals surface area contributed by atoms with Gasteiger partial charge in [0, 0.05) is 34.5 Å². The van der Waals surface area contributed by atoms with Crippen LogP contribution in [0.25, 0.3) is 0 Å². The van der Waals surface area contributed by atoms with Crippen LogP contribution >= 0.6 is 45.1 Å². The fourth-order valence-corrected chi connectivity index (χ4v) is 4.96. The number of rotatable bonds is 11. The topological polar surface area (TPSA) is 40.5 Å². The summed E-state index contributed by atoms with van der Waals surface area (Å²) in [7, 11) is 3.80. The predicted molar refractivity (Wildman–Crippen MR) is 73.7 cm³/mol. The van der Waals surface area contributed by atoms with Crippen LogP contribution in [-0.4, -0.2) is 57.9 Å². The molecule has 2 N–H and O–H groups in total. The van der Waals surface area contributed by atoms with Crippen LogP contribution in [0, 0.1) is 0 Å². The zero-order chi connectivity index (χ0) is 10.5. The summed E-state index contributed by atoms with van der Waals surface area (Å²) in [5.74, 6) is 6.28. The first-order valence-corrected chi connectivity index (χ1v) is 9.33. The van der Waals surface area contributed by atoms with Gasteiger partial charge in [-0.25, -0.2) is 0 Å². The Hall–Kier alpha value is 1.32. The molecule has 0 bridgehead atoms. The first-order valence-electron chi connectivity index (χ1n) is 4.53. The van der Waals surface area contributed by atoms with Crippen molar-refractivity contribution < 1.29 is 10.2 Å². The van der Waals surface area contributed by atoms with E-state index in [9.17, 15) is 0 Å². The lowest BCUT2D eigenvalue weighted by Gasteiger charge is -2.00. The van der Waals surface area contributed by atoms with Crippen LogP contribution in [0.4, 0.5) is 0 Å². The Bertz CT molecular complexity index is 93.3. The summed E-state index contributed by atoms with van der Waals surface area (Å²) < 4.78 is 0. The molecular formula is C8H18O2S4. The summed E-state index contributed by atoms with van der Waals surface area (Å²) >= 11 is 3.61. The van der Waals surface area contributed by atoms with Gasteiger partial charge in [0.05, 0.1) is 13.2 Å². The van der Waals surface area contributed by atoms with E-state index in [0.717, 1.165) is 34.5 Å². The van der Waals surface area contributed by atoms with Crippen molar-refractivity contribution in [3.05, 3.63) is 0 Å². The van der Waals surface area contributed by atoms with Crippen LogP contribution in [-0.2, 0) is 0 Å². The minimum atomic E-state index is 0.292. The number of aliphatic hydroxyl groups excluding tert-OH is 2. The fourth-order valence-electron chi connectivity index (χ4n) is 0.637. The lowest BCUT2D eigenvalue weighted by atomic mass is 10.9. The summed E-state index contributed by atoms with van der Waals surface area (Å²) in [6.45, 7) is 0.584. The van der Waals surface area contributed by atoms with Gasteiger partial charge in [-0.2, -0.15) is 23.5 Å². The smallest absolute Gasteiger partial charge is 0.0521 e. The largest absolute Gasteiger partial charge is 0.396 e. The Balaban J connectivity index is 2.78. The Morgan fingerprint density at radius 3 is 1.36 bits per heavy atom. The van der Waals surface area contributed by atoms with Crippen molar-refractivity contribution in [1.29, 1.82) is 0 Å². The van der Waals surface area contributed by atoms with Crippen LogP contribution in [0.5, 0.6) is 0 Å². The minimum absolute atomic E-state index is 0.292. The molecule has 0 unspecified atom stereocenters. The van der Waals surface area contributed by atoms with E-state index in [1.165, 1.54) is 0 Å². The van der Waals surface area contributed by atoms with Gasteiger partial charge in [-0.15, -0.1) is 0 Å². The van der Waals surface area contributed by atoms with Crippen molar-refractivity contribution in [2.45, 2.75) is 0 Å². The summed E-state index contributed by atoms with van der Waals surface area (Å²) in [4.78, 5) is 0. The lowest BCUT2D eigenvalue weighted by Crippen LogP contribution is -1.91. The van der Waals surface area contributed by atoms with Crippen LogP contribution in [0.15, 0.2) is 0 Å². The maximum Gasteiger partial charge on any atom is 0.0521 e. The van der Waals surface area contributed by atoms with Gasteiger partial charge in [-0.05, 0) is 0 Å². The number of thioether (sulfide) groups is 2. The highest BCUT2D eigenvalue weighted by Crippen LogP contribution is 2.23. The molecule has 0 aromatic carbocycles. The highest BCUT2D eigenvalue weighted by Gasteiger charge is 1.92. The lowest BCUT2D eigenvalue weighted by molar-refractivity contribution is 0.322. The van der Waals surface area contributed by atoms with Gasteiger partial charge in [0.1, 0.15) is 0 Å². The fraction of sp³-hybridized carbons (Fsp3) is 1.00. The third kappa shape index (κ3) is 13.3. The van der Waals surface area contributed by atoms with E-state index >= 15 is 0 Å². The van der Waals surface area contributed by atoms with E-state index in [-0.39, 0.29) is 0 Å². The first-order chi connectivity index (χ1) is 6.91. The Labute approximate surface area is 103 Å². The summed E-state index contributed by atoms with van der Waals surface area (Å²) in [6, 6.07) is 0. The van der Waals surface area contributed by atoms with E-state index in [1.54, 1.807) is 23.5 Å². The molecule has 0 amide bonds. The maximum atomic E-state index is 8.53. The van der Waals surface area contributed by atoms with Crippen molar-refractivity contribution in [2.24, 2.45) is 0 Å². The third-order valence-electron chi connectivity index (χ3n) is 1.18. The third-order valence-corrected chi connectivity index (χ3v) is 6.03. The minimum Gasteiger partial charge on any atom is -0.396 e. The number of aliphatic hydroxyl groups is 2. The van der Waals surface area contributed by atoms with Crippen LogP contribution in [0.3, 0.4) is 0 Å². The molecule has 0 rings (SSSR count). The van der Waals surface area contributed by atoms with Gasteiger partial charge in [0.15, 0.2) is 0 Å². The second-order valence-corrected chi connectivity index (χ2v) is 7.47. The molecule has 0 saturated heterocycles. The van der Waals surface area contributed by atoms with Crippen molar-refractivity contribution in [3.63, 3.8) is 0 Å². The van der Waals surface area contributed by atoms with E-state index in [1.807, 2.05) is 21.6 Å². The molecule has 0 aliphatic rings. The SMILES string of the molecule is OCCSCCSSCCSCCO. The van der Waals surface area contributed by atoms with Crippen molar-refractivity contribution >= 4 is 45.1 Å². The monoisotopic (exact) mass is 274 g/mol. The molecule has 0 fully saturated rings. The quantitative estimate of drug-likeness (QED) is 0.442. The van der Waals surface area contributed by atoms with Crippen LogP contribution in [0.1, 0.15) is 0 Å². The molecule has 2 nitrogen and oxygen atoms in total. The summed E-state index contributed by atoms with van der Waals surface area (Å²) in [6.07, 6.45) is 0. The van der Waals surface area contributed by atoms with E-state index in [4.69, 9.17) is 10.2 Å². The molecule has 14 heavy (non-hydrogen) atoms. The first kappa shape index (κ1) is 15.3. The molecule has 0 aliphatic heterocycles. The Kier molecular flexibility index (Phi) is 15.7. The predicted octanol–water partition coefficient (Wildman–Crippen LogP) is 1.82. The highest BCUT2D eigenvalue weighted by atomic mass is 33.1. The molecular weight excluding hydrogens is 256 g/mol. The van der Waals surface area contributed by atoms with Gasteiger partial charge in [0.2, 0.25) is 0 Å². The van der Waals surface area contributed by atoms with Crippen molar-refractivity contribution in [1.82, 2.24) is 0 Å². The van der Waals surface area contributed by atoms with Gasteiger partial charge >= 0.3 is 0 Å². The van der Waals surface area contributed by atoms with Gasteiger partial charge in [0.25, 0.3) is 0 Å². The summed E-state index contributed by atoms with van der Waals surface area (Å²) in [5, 5.41) is 17.1. The van der Waals surface area contributed by atoms with Crippen molar-refractivity contribution in [3.8, 4) is 0 Å². The van der Waals surface area contributed by atoms with Gasteiger partial charge < -0.3 is 10.2 Å². The molecule has 0 spiro atoms. The van der Waals surface area contributed by atoms with Gasteiger partial charge in [-0.3, -0.25) is 0 Å². The molecule has 0 aromatic heterocycles. The molecule has 0 heterocycles. The van der Waals surface area contributed by atoms with Gasteiger partial charge in [-0.1, -0.05) is 21.6 Å². The normalized spacial score (nSPS) is 10.7. The highest BCUT2D eigenvalue weighted by molar-refractivity contribution is 8.76. The Morgan fingerprint density at radius 1 is 0.571 bits per heavy atom. The number of hydrogen-bond acceptors (Lipinski definition) is 6. The van der Waals surface area contributed by atoms with Crippen LogP contribution in [0.2, 0.25) is 0 Å². The average molecular weight is 274 g/mol. The Morgan fingerprint density at radius 2 is 1.00 bits per heavy atom. The molecule has 0 saturated carbocycles. The summed E-state index contributed by atoms with van der Waals surface area (Å²) in [5.41, 5.74) is 0. The van der Waals surface area contributed by atoms with E-state index < -0.39 is 0 Å². The molecule has 0 aromatic rings. The van der Waals surface area contributed by atoms with E-state index in [0.29, 0.717) is 13.2 Å². The van der Waals surface area contributed by atoms with E-state index in [2.05, 4.69) is 0 Å². The maximum absolute atomic E-state index is 8.53. The standard InChI is InChI=1S/C8H18O2S4/c9-1-3-11-5-7-13-14-8-6-12-4-2-10/h9-10H,1-8H2. The molecule has 6 heteroatoms. The van der Waals surface area contributed by atoms with Crippen molar-refractivity contribution in [2.75, 3.05) is 47.7 Å². The average Bonchev–Trinajstić information content (AvgIpc) is 2.21. The zero-order valence-corrected chi connectivity index (χ0v) is 11.5. The second kappa shape index (κ2) is 14.3. The molecule has 86 valence electrons. The molecule has 0 aliphatic carbocycles. The zero-order valence-electron chi connectivity index (χ0n) is 8.18. The number of hydrogen-bond donors (Lipinski definition) is 2.